The van der Waals surface area contributed by atoms with Crippen molar-refractivity contribution in [1.82, 2.24) is 31.9 Å². The molecule has 4 aliphatic heterocycles. The number of hydrogen-bond acceptors (Lipinski definition) is 14. The molecule has 10 amide bonds. The van der Waals surface area contributed by atoms with Gasteiger partial charge < -0.3 is 61.4 Å². The minimum atomic E-state index is -1.38. The Morgan fingerprint density at radius 2 is 1.05 bits per heavy atom. The number of benzene rings is 2. The second-order valence-electron chi connectivity index (χ2n) is 26.9. The number of anilines is 4. The first kappa shape index (κ1) is 72.7. The normalized spacial score (nSPS) is 17.3. The molecule has 496 valence electrons. The van der Waals surface area contributed by atoms with Crippen LogP contribution in [0.5, 0.6) is 0 Å². The second kappa shape index (κ2) is 31.3. The van der Waals surface area contributed by atoms with Crippen LogP contribution in [-0.4, -0.2) is 119 Å². The summed E-state index contributed by atoms with van der Waals surface area (Å²) in [4.78, 5) is 138. The summed E-state index contributed by atoms with van der Waals surface area (Å²) in [6, 6.07) is 15.6. The summed E-state index contributed by atoms with van der Waals surface area (Å²) in [5, 5.41) is 24.2. The number of para-hydroxylation sites is 2. The van der Waals surface area contributed by atoms with E-state index in [1.807, 2.05) is 81.6 Å². The lowest BCUT2D eigenvalue weighted by Gasteiger charge is -2.37. The lowest BCUT2D eigenvalue weighted by Crippen LogP contribution is -2.61. The smallest absolute Gasteiger partial charge is 0.408 e. The molecule has 0 saturated carbocycles. The lowest BCUT2D eigenvalue weighted by molar-refractivity contribution is -0.133. The number of carbonyl (C=O) groups excluding carboxylic acids is 10. The highest BCUT2D eigenvalue weighted by Crippen LogP contribution is 2.41. The summed E-state index contributed by atoms with van der Waals surface area (Å²) in [5.74, 6) is -2.65. The second-order valence-corrected chi connectivity index (χ2v) is 29.6. The summed E-state index contributed by atoms with van der Waals surface area (Å²) in [6.07, 6.45) is 2.10. The van der Waals surface area contributed by atoms with Gasteiger partial charge in [-0.25, -0.2) is 9.59 Å². The van der Waals surface area contributed by atoms with Crippen molar-refractivity contribution in [2.24, 2.45) is 11.8 Å². The van der Waals surface area contributed by atoms with Gasteiger partial charge in [0.25, 0.3) is 0 Å². The molecule has 6 heterocycles. The fourth-order valence-electron chi connectivity index (χ4n) is 10.5. The Morgan fingerprint density at radius 3 is 1.48 bits per heavy atom. The Morgan fingerprint density at radius 1 is 0.604 bits per heavy atom. The molecule has 91 heavy (non-hydrogen) atoms. The zero-order chi connectivity index (χ0) is 67.3. The van der Waals surface area contributed by atoms with E-state index in [4.69, 9.17) is 9.47 Å². The minimum absolute atomic E-state index is 0.0180. The molecule has 2 unspecified atom stereocenters. The third-order valence-corrected chi connectivity index (χ3v) is 17.6. The number of thiophene rings is 2. The van der Waals surface area contributed by atoms with Gasteiger partial charge in [-0.1, -0.05) is 80.0 Å². The first-order valence-corrected chi connectivity index (χ1v) is 33.8. The number of nitrogens with zero attached hydrogens (tertiary/aromatic N) is 3. The number of alkyl halides is 1. The number of fused-ring (bicyclic) bond motifs is 2. The fourth-order valence-corrected chi connectivity index (χ4v) is 12.4. The van der Waals surface area contributed by atoms with E-state index in [0.717, 1.165) is 34.2 Å². The third-order valence-electron chi connectivity index (χ3n) is 14.9. The Balaban J connectivity index is 0.000000263. The van der Waals surface area contributed by atoms with Gasteiger partial charge >= 0.3 is 12.2 Å². The van der Waals surface area contributed by atoms with Gasteiger partial charge in [0.2, 0.25) is 47.3 Å². The number of rotatable bonds is 19. The van der Waals surface area contributed by atoms with E-state index in [-0.39, 0.29) is 42.4 Å². The average Bonchev–Trinajstić information content (AvgIpc) is 1.75. The van der Waals surface area contributed by atoms with Crippen molar-refractivity contribution < 1.29 is 57.4 Å². The molecule has 2 aromatic heterocycles. The monoisotopic (exact) mass is 1360 g/mol. The van der Waals surface area contributed by atoms with E-state index < -0.39 is 88.2 Å². The fraction of sp³-hybridized carbons (Fsp3) is 0.545. The topological polar surface area (TPSA) is 283 Å². The van der Waals surface area contributed by atoms with Crippen LogP contribution in [0.25, 0.3) is 0 Å². The molecule has 8 rings (SSSR count). The number of ether oxygens (including phenoxy) is 2. The van der Waals surface area contributed by atoms with Gasteiger partial charge in [-0.15, -0.1) is 22.7 Å². The molecule has 4 aromatic rings. The molecule has 4 atom stereocenters. The highest BCUT2D eigenvalue weighted by atomic mass is 79.9. The predicted octanol–water partition coefficient (Wildman–Crippen LogP) is 9.55. The standard InChI is InChI=1S/C33H45N5O6S.C28H41N5O6.C5H5BrS/c1-20(2)17-23(35-30(42)33(6,7)36-31(43)44-32(3,4)5)28(40)34-24-18-21-11-8-13-25(37-15-9-14-26(37)39)27(21)38(29(24)41)19-22-12-10-16-45-22;1-16(2)14-18(30-25(37)28(6,7)32-26(38)39-27(3,4)5)23(35)29-19-15-17-10-8-11-20(22(17)31-24(19)36)33-13-9-12-21(33)34;6-4-5-2-1-3-7-5/h8,10-13,16,20,23-24H,9,14-15,17-19H2,1-7H3,(H,34,40)(H,35,42)(H,36,43);8,10-11,16,18-19H,9,12-15H2,1-7H3,(H,29,35)(H,30,37)(H,31,36)(H,32,38);1-3H,4H2/t23-,24?;18-,19?;/m11./s1. The summed E-state index contributed by atoms with van der Waals surface area (Å²) < 4.78 is 10.6. The Hall–Kier alpha value is -7.38. The molecule has 0 aliphatic carbocycles. The van der Waals surface area contributed by atoms with Gasteiger partial charge in [0.1, 0.15) is 46.4 Å². The molecule has 2 aromatic carbocycles. The largest absolute Gasteiger partial charge is 0.444 e. The zero-order valence-electron chi connectivity index (χ0n) is 54.8. The minimum Gasteiger partial charge on any atom is -0.444 e. The van der Waals surface area contributed by atoms with Crippen molar-refractivity contribution in [3.8, 4) is 0 Å². The zero-order valence-corrected chi connectivity index (χ0v) is 58.0. The van der Waals surface area contributed by atoms with Crippen LogP contribution in [0.2, 0.25) is 0 Å². The van der Waals surface area contributed by atoms with Crippen molar-refractivity contribution in [1.29, 1.82) is 0 Å². The maximum absolute atomic E-state index is 14.1. The molecule has 0 radical (unpaired) electrons. The van der Waals surface area contributed by atoms with Crippen molar-refractivity contribution in [3.05, 3.63) is 92.3 Å². The van der Waals surface area contributed by atoms with Gasteiger partial charge in [0.15, 0.2) is 0 Å². The molecule has 4 aliphatic rings. The van der Waals surface area contributed by atoms with Gasteiger partial charge in [-0.05, 0) is 153 Å². The molecule has 2 saturated heterocycles. The van der Waals surface area contributed by atoms with Crippen LogP contribution < -0.4 is 51.9 Å². The van der Waals surface area contributed by atoms with Crippen LogP contribution in [0, 0.1) is 11.8 Å². The highest BCUT2D eigenvalue weighted by molar-refractivity contribution is 9.08. The van der Waals surface area contributed by atoms with Crippen LogP contribution >= 0.6 is 38.6 Å². The van der Waals surface area contributed by atoms with E-state index in [1.165, 1.54) is 43.9 Å². The van der Waals surface area contributed by atoms with E-state index in [2.05, 4.69) is 70.7 Å². The van der Waals surface area contributed by atoms with Crippen LogP contribution in [0.15, 0.2) is 71.4 Å². The van der Waals surface area contributed by atoms with Crippen LogP contribution in [0.4, 0.5) is 32.3 Å². The predicted molar refractivity (Wildman–Crippen MR) is 358 cm³/mol. The highest BCUT2D eigenvalue weighted by Gasteiger charge is 2.42. The van der Waals surface area contributed by atoms with Crippen LogP contribution in [-0.2, 0) is 72.5 Å². The van der Waals surface area contributed by atoms with Gasteiger partial charge in [-0.3, -0.25) is 38.4 Å². The first-order chi connectivity index (χ1) is 42.6. The number of halogens is 1. The van der Waals surface area contributed by atoms with Crippen molar-refractivity contribution >= 4 is 121 Å². The molecule has 25 heteroatoms. The van der Waals surface area contributed by atoms with E-state index in [1.54, 1.807) is 67.6 Å². The molecular formula is C66H91BrN10O12S2. The van der Waals surface area contributed by atoms with Crippen molar-refractivity contribution in [3.63, 3.8) is 0 Å². The maximum atomic E-state index is 14.1. The summed E-state index contributed by atoms with van der Waals surface area (Å²) >= 11 is 6.65. The lowest BCUT2D eigenvalue weighted by atomic mass is 9.94. The van der Waals surface area contributed by atoms with Gasteiger partial charge in [0, 0.05) is 53.9 Å². The Bertz CT molecular complexity index is 3270. The van der Waals surface area contributed by atoms with Crippen molar-refractivity contribution in [2.45, 2.75) is 207 Å². The maximum Gasteiger partial charge on any atom is 0.408 e. The number of alkyl carbamates (subject to hydrolysis) is 2. The molecule has 7 N–H and O–H groups in total. The van der Waals surface area contributed by atoms with E-state index >= 15 is 0 Å². The van der Waals surface area contributed by atoms with Crippen LogP contribution in [0.1, 0.15) is 156 Å². The average molecular weight is 1360 g/mol. The first-order valence-electron chi connectivity index (χ1n) is 30.9. The van der Waals surface area contributed by atoms with E-state index in [0.29, 0.717) is 68.1 Å². The molecule has 0 spiro atoms. The molecular weight excluding hydrogens is 1270 g/mol. The molecule has 0 bridgehead atoms. The summed E-state index contributed by atoms with van der Waals surface area (Å²) in [6.45, 7) is 25.6. The Kier molecular flexibility index (Phi) is 25.0. The van der Waals surface area contributed by atoms with Gasteiger partial charge in [-0.2, -0.15) is 0 Å². The quantitative estimate of drug-likeness (QED) is 0.0432. The van der Waals surface area contributed by atoms with Crippen molar-refractivity contribution in [2.75, 3.05) is 33.1 Å². The Labute approximate surface area is 550 Å². The summed E-state index contributed by atoms with van der Waals surface area (Å²) in [7, 11) is 0. The third kappa shape index (κ3) is 20.8. The number of carbonyl (C=O) groups is 10. The molecule has 2 fully saturated rings. The number of hydrogen-bond donors (Lipinski definition) is 7. The van der Waals surface area contributed by atoms with Crippen LogP contribution in [0.3, 0.4) is 0 Å². The molecule has 22 nitrogen and oxygen atoms in total. The number of amides is 10. The summed E-state index contributed by atoms with van der Waals surface area (Å²) in [5.41, 5.74) is 0.0897. The van der Waals surface area contributed by atoms with Gasteiger partial charge in [0.05, 0.1) is 29.3 Å². The van der Waals surface area contributed by atoms with E-state index in [9.17, 15) is 47.9 Å². The number of nitrogens with one attached hydrogen (secondary N) is 7. The SMILES string of the molecule is BrCc1cccs1.CC(C)C[C@@H](NC(=O)C(C)(C)NC(=O)OC(C)(C)C)C(=O)NC1Cc2cccc(N3CCCC3=O)c2N(Cc2cccs2)C1=O.CC(C)C[C@@H](NC(=O)C(C)(C)NC(=O)OC(C)(C)C)C(=O)NC1Cc2cccc(N3CCCC3=O)c2NC1=O.